The molecule has 6 heteroatoms. The van der Waals surface area contributed by atoms with Gasteiger partial charge in [-0.2, -0.15) is 0 Å². The van der Waals surface area contributed by atoms with Crippen molar-refractivity contribution in [1.82, 2.24) is 4.90 Å². The van der Waals surface area contributed by atoms with Crippen molar-refractivity contribution in [3.8, 4) is 5.75 Å². The Balaban J connectivity index is 1.66. The first-order valence-corrected chi connectivity index (χ1v) is 9.03. The number of hydrogen-bond acceptors (Lipinski definition) is 4. The van der Waals surface area contributed by atoms with Gasteiger partial charge in [0.1, 0.15) is 11.6 Å². The zero-order valence-corrected chi connectivity index (χ0v) is 15.5. The zero-order chi connectivity index (χ0) is 19.2. The summed E-state index contributed by atoms with van der Waals surface area (Å²) in [6, 6.07) is 13.6. The molecule has 1 aliphatic heterocycles. The van der Waals surface area contributed by atoms with Crippen molar-refractivity contribution in [2.75, 3.05) is 20.2 Å². The summed E-state index contributed by atoms with van der Waals surface area (Å²) in [7, 11) is 1.62. The van der Waals surface area contributed by atoms with Crippen LogP contribution in [0.25, 0.3) is 0 Å². The Morgan fingerprint density at radius 2 is 2.00 bits per heavy atom. The Labute approximate surface area is 158 Å². The third-order valence-electron chi connectivity index (χ3n) is 4.47. The van der Waals surface area contributed by atoms with E-state index in [9.17, 15) is 9.18 Å². The number of hydrogen-bond donors (Lipinski definition) is 0. The Hall–Kier alpha value is -2.89. The number of halogens is 1. The number of amides is 1. The lowest BCUT2D eigenvalue weighted by Gasteiger charge is -2.24. The van der Waals surface area contributed by atoms with Crippen molar-refractivity contribution in [2.24, 2.45) is 5.16 Å². The van der Waals surface area contributed by atoms with Gasteiger partial charge in [0.2, 0.25) is 0 Å². The minimum Gasteiger partial charge on any atom is -0.497 e. The van der Waals surface area contributed by atoms with E-state index in [-0.39, 0.29) is 17.6 Å². The number of ether oxygens (including phenoxy) is 1. The van der Waals surface area contributed by atoms with Crippen LogP contribution in [-0.4, -0.2) is 42.8 Å². The molecule has 142 valence electrons. The lowest BCUT2D eigenvalue weighted by molar-refractivity contribution is 0.0421. The average Bonchev–Trinajstić information content (AvgIpc) is 3.16. The Morgan fingerprint density at radius 3 is 2.67 bits per heavy atom. The molecule has 1 aliphatic rings. The molecule has 0 saturated carbocycles. The van der Waals surface area contributed by atoms with Gasteiger partial charge in [0, 0.05) is 13.0 Å². The normalized spacial score (nSPS) is 15.8. The van der Waals surface area contributed by atoms with Crippen LogP contribution >= 0.6 is 0 Å². The molecule has 5 nitrogen and oxygen atoms in total. The van der Waals surface area contributed by atoms with Crippen LogP contribution in [0.4, 0.5) is 4.39 Å². The highest BCUT2D eigenvalue weighted by Gasteiger charge is 2.27. The molecule has 0 bridgehead atoms. The third kappa shape index (κ3) is 4.45. The summed E-state index contributed by atoms with van der Waals surface area (Å²) in [4.78, 5) is 19.9. The van der Waals surface area contributed by atoms with Gasteiger partial charge in [-0.05, 0) is 48.4 Å². The predicted molar refractivity (Wildman–Crippen MR) is 102 cm³/mol. The molecule has 1 heterocycles. The van der Waals surface area contributed by atoms with Gasteiger partial charge < -0.3 is 14.5 Å². The molecule has 0 aromatic heterocycles. The van der Waals surface area contributed by atoms with Crippen LogP contribution in [-0.2, 0) is 4.84 Å². The van der Waals surface area contributed by atoms with Crippen LogP contribution in [0.5, 0.6) is 5.75 Å². The molecular formula is C21H23FN2O3. The molecule has 0 radical (unpaired) electrons. The fraction of sp³-hybridized carbons (Fsp3) is 0.333. The lowest BCUT2D eigenvalue weighted by Crippen LogP contribution is -2.38. The van der Waals surface area contributed by atoms with Crippen LogP contribution < -0.4 is 4.74 Å². The van der Waals surface area contributed by atoms with E-state index in [0.717, 1.165) is 23.4 Å². The second kappa shape index (κ2) is 8.66. The number of benzene rings is 2. The van der Waals surface area contributed by atoms with E-state index in [0.29, 0.717) is 19.5 Å². The van der Waals surface area contributed by atoms with E-state index in [1.165, 1.54) is 12.1 Å². The largest absolute Gasteiger partial charge is 0.497 e. The Kier molecular flexibility index (Phi) is 6.06. The van der Waals surface area contributed by atoms with Gasteiger partial charge in [-0.15, -0.1) is 0 Å². The van der Waals surface area contributed by atoms with Gasteiger partial charge in [-0.3, -0.25) is 4.79 Å². The molecule has 0 fully saturated rings. The highest BCUT2D eigenvalue weighted by Crippen LogP contribution is 2.21. The SMILES string of the molecule is CCCN(CC1CC(c2ccc(OC)cc2)=NO1)C(=O)c1ccccc1F. The number of methoxy groups -OCH3 is 1. The molecule has 0 spiro atoms. The molecule has 0 aliphatic carbocycles. The topological polar surface area (TPSA) is 51.1 Å². The summed E-state index contributed by atoms with van der Waals surface area (Å²) >= 11 is 0. The van der Waals surface area contributed by atoms with Crippen LogP contribution in [0.15, 0.2) is 53.7 Å². The molecule has 0 saturated heterocycles. The number of oxime groups is 1. The maximum Gasteiger partial charge on any atom is 0.256 e. The second-order valence-corrected chi connectivity index (χ2v) is 6.43. The summed E-state index contributed by atoms with van der Waals surface area (Å²) in [5.74, 6) is -0.0537. The summed E-state index contributed by atoms with van der Waals surface area (Å²) in [6.45, 7) is 2.88. The highest BCUT2D eigenvalue weighted by atomic mass is 19.1. The standard InChI is InChI=1S/C21H23FN2O3/c1-3-12-24(21(25)18-6-4-5-7-19(18)22)14-17-13-20(23-27-17)15-8-10-16(26-2)11-9-15/h4-11,17H,3,12-14H2,1-2H3. The van der Waals surface area contributed by atoms with Crippen molar-refractivity contribution in [3.63, 3.8) is 0 Å². The molecule has 3 rings (SSSR count). The fourth-order valence-electron chi connectivity index (χ4n) is 3.08. The van der Waals surface area contributed by atoms with E-state index in [1.54, 1.807) is 24.1 Å². The van der Waals surface area contributed by atoms with E-state index in [2.05, 4.69) is 5.16 Å². The smallest absolute Gasteiger partial charge is 0.256 e. The molecule has 2 aromatic rings. The van der Waals surface area contributed by atoms with Crippen LogP contribution in [0.2, 0.25) is 0 Å². The maximum absolute atomic E-state index is 14.0. The number of carbonyl (C=O) groups excluding carboxylic acids is 1. The minimum atomic E-state index is -0.508. The number of nitrogens with zero attached hydrogens (tertiary/aromatic N) is 2. The van der Waals surface area contributed by atoms with Gasteiger partial charge in [0.15, 0.2) is 6.10 Å². The molecule has 1 atom stereocenters. The van der Waals surface area contributed by atoms with Gasteiger partial charge >= 0.3 is 0 Å². The molecule has 0 N–H and O–H groups in total. The van der Waals surface area contributed by atoms with Gasteiger partial charge in [-0.25, -0.2) is 4.39 Å². The number of carbonyl (C=O) groups is 1. The van der Waals surface area contributed by atoms with Crippen LogP contribution in [0.1, 0.15) is 35.7 Å². The Morgan fingerprint density at radius 1 is 1.26 bits per heavy atom. The first kappa shape index (κ1) is 18.9. The van der Waals surface area contributed by atoms with Crippen LogP contribution in [0.3, 0.4) is 0 Å². The first-order valence-electron chi connectivity index (χ1n) is 9.03. The lowest BCUT2D eigenvalue weighted by atomic mass is 10.0. The quantitative estimate of drug-likeness (QED) is 0.743. The molecule has 1 unspecified atom stereocenters. The van der Waals surface area contributed by atoms with Crippen LogP contribution in [0, 0.1) is 5.82 Å². The van der Waals surface area contributed by atoms with Gasteiger partial charge in [0.25, 0.3) is 5.91 Å². The second-order valence-electron chi connectivity index (χ2n) is 6.43. The minimum absolute atomic E-state index is 0.0836. The first-order chi connectivity index (χ1) is 13.1. The predicted octanol–water partition coefficient (Wildman–Crippen LogP) is 3.88. The molecule has 1 amide bonds. The third-order valence-corrected chi connectivity index (χ3v) is 4.47. The molecule has 2 aromatic carbocycles. The van der Waals surface area contributed by atoms with E-state index < -0.39 is 5.82 Å². The number of rotatable bonds is 7. The Bertz CT molecular complexity index is 820. The van der Waals surface area contributed by atoms with Crippen molar-refractivity contribution >= 4 is 11.6 Å². The maximum atomic E-state index is 14.0. The monoisotopic (exact) mass is 370 g/mol. The molecular weight excluding hydrogens is 347 g/mol. The van der Waals surface area contributed by atoms with E-state index in [4.69, 9.17) is 9.57 Å². The summed E-state index contributed by atoms with van der Waals surface area (Å²) in [5.41, 5.74) is 1.87. The van der Waals surface area contributed by atoms with Crippen molar-refractivity contribution in [2.45, 2.75) is 25.9 Å². The van der Waals surface area contributed by atoms with Crippen molar-refractivity contribution < 1.29 is 18.8 Å². The fourth-order valence-corrected chi connectivity index (χ4v) is 3.08. The summed E-state index contributed by atoms with van der Waals surface area (Å²) < 4.78 is 19.2. The zero-order valence-electron chi connectivity index (χ0n) is 15.5. The molecule has 27 heavy (non-hydrogen) atoms. The average molecular weight is 370 g/mol. The van der Waals surface area contributed by atoms with Gasteiger partial charge in [0.05, 0.1) is 24.9 Å². The summed E-state index contributed by atoms with van der Waals surface area (Å²) in [6.07, 6.45) is 1.13. The van der Waals surface area contributed by atoms with E-state index in [1.807, 2.05) is 31.2 Å². The van der Waals surface area contributed by atoms with Gasteiger partial charge in [-0.1, -0.05) is 24.2 Å². The summed E-state index contributed by atoms with van der Waals surface area (Å²) in [5, 5.41) is 4.17. The van der Waals surface area contributed by atoms with Crippen molar-refractivity contribution in [1.29, 1.82) is 0 Å². The highest BCUT2D eigenvalue weighted by molar-refractivity contribution is 6.01. The van der Waals surface area contributed by atoms with E-state index >= 15 is 0 Å². The van der Waals surface area contributed by atoms with Crippen molar-refractivity contribution in [3.05, 3.63) is 65.5 Å².